The highest BCUT2D eigenvalue weighted by Crippen LogP contribution is 2.23. The molecule has 2 aromatic carbocycles. The fraction of sp³-hybridized carbons (Fsp3) is 0.143. The number of anilines is 2. The van der Waals surface area contributed by atoms with E-state index in [9.17, 15) is 18.4 Å². The van der Waals surface area contributed by atoms with Gasteiger partial charge in [0, 0.05) is 29.2 Å². The minimum Gasteiger partial charge on any atom is -0.467 e. The van der Waals surface area contributed by atoms with Crippen LogP contribution in [0.5, 0.6) is 0 Å². The minimum atomic E-state index is -0.865. The first-order valence-corrected chi connectivity index (χ1v) is 9.80. The molecule has 2 N–H and O–H groups in total. The minimum absolute atomic E-state index is 0.0265. The molecule has 3 aromatic rings. The summed E-state index contributed by atoms with van der Waals surface area (Å²) in [5, 5.41) is 5.22. The average Bonchev–Trinajstić information content (AvgIpc) is 3.21. The monoisotopic (exact) mass is 477 g/mol. The summed E-state index contributed by atoms with van der Waals surface area (Å²) in [4.78, 5) is 25.9. The van der Waals surface area contributed by atoms with E-state index >= 15 is 0 Å². The van der Waals surface area contributed by atoms with Crippen molar-refractivity contribution in [2.75, 3.05) is 16.8 Å². The lowest BCUT2D eigenvalue weighted by molar-refractivity contribution is -0.118. The van der Waals surface area contributed by atoms with E-state index in [4.69, 9.17) is 4.42 Å². The Hall–Kier alpha value is -3.20. The van der Waals surface area contributed by atoms with Crippen molar-refractivity contribution in [3.8, 4) is 0 Å². The van der Waals surface area contributed by atoms with Gasteiger partial charge in [0.1, 0.15) is 17.4 Å². The van der Waals surface area contributed by atoms with Crippen LogP contribution in [0.2, 0.25) is 0 Å². The van der Waals surface area contributed by atoms with Gasteiger partial charge < -0.3 is 20.0 Å². The van der Waals surface area contributed by atoms with Gasteiger partial charge in [0.2, 0.25) is 5.91 Å². The van der Waals surface area contributed by atoms with Crippen molar-refractivity contribution in [2.45, 2.75) is 13.0 Å². The molecule has 1 heterocycles. The Kier molecular flexibility index (Phi) is 7.18. The molecule has 0 fully saturated rings. The Balaban J connectivity index is 1.61. The Labute approximate surface area is 180 Å². The van der Waals surface area contributed by atoms with Crippen molar-refractivity contribution < 1.29 is 22.8 Å². The number of benzene rings is 2. The maximum atomic E-state index is 14.3. The predicted molar refractivity (Wildman–Crippen MR) is 112 cm³/mol. The van der Waals surface area contributed by atoms with Crippen molar-refractivity contribution in [3.63, 3.8) is 0 Å². The summed E-state index contributed by atoms with van der Waals surface area (Å²) in [6.45, 7) is -0.00185. The van der Waals surface area contributed by atoms with E-state index < -0.39 is 23.6 Å². The van der Waals surface area contributed by atoms with Gasteiger partial charge in [-0.2, -0.15) is 0 Å². The molecule has 0 atom stereocenters. The number of amides is 3. The number of urea groups is 1. The molecule has 0 radical (unpaired) electrons. The maximum Gasteiger partial charge on any atom is 0.319 e. The number of hydrogen-bond acceptors (Lipinski definition) is 3. The van der Waals surface area contributed by atoms with Crippen molar-refractivity contribution in [1.82, 2.24) is 5.32 Å². The third-order valence-electron chi connectivity index (χ3n) is 4.12. The van der Waals surface area contributed by atoms with E-state index in [0.29, 0.717) is 17.5 Å². The van der Waals surface area contributed by atoms with Gasteiger partial charge in [-0.3, -0.25) is 4.79 Å². The number of nitrogens with zero attached hydrogens (tertiary/aromatic N) is 1. The molecule has 9 heteroatoms. The van der Waals surface area contributed by atoms with E-state index in [2.05, 4.69) is 26.6 Å². The van der Waals surface area contributed by atoms with E-state index in [1.165, 1.54) is 12.3 Å². The summed E-state index contributed by atoms with van der Waals surface area (Å²) in [6, 6.07) is 12.8. The molecular weight excluding hydrogens is 460 g/mol. The summed E-state index contributed by atoms with van der Waals surface area (Å²) < 4.78 is 33.6. The van der Waals surface area contributed by atoms with Crippen LogP contribution in [0.3, 0.4) is 0 Å². The molecule has 0 saturated heterocycles. The Bertz CT molecular complexity index is 1010. The lowest BCUT2D eigenvalue weighted by Gasteiger charge is -2.22. The first-order valence-electron chi connectivity index (χ1n) is 9.00. The molecule has 3 rings (SSSR count). The van der Waals surface area contributed by atoms with Gasteiger partial charge in [-0.05, 0) is 48.5 Å². The van der Waals surface area contributed by atoms with E-state index in [1.54, 1.807) is 36.4 Å². The summed E-state index contributed by atoms with van der Waals surface area (Å²) in [5.74, 6) is -1.63. The van der Waals surface area contributed by atoms with Crippen LogP contribution in [-0.4, -0.2) is 18.5 Å². The Morgan fingerprint density at radius 1 is 1.07 bits per heavy atom. The Morgan fingerprint density at radius 3 is 2.50 bits per heavy atom. The molecule has 0 aliphatic rings. The van der Waals surface area contributed by atoms with Crippen molar-refractivity contribution >= 4 is 39.2 Å². The molecule has 0 saturated carbocycles. The molecule has 0 aliphatic heterocycles. The average molecular weight is 478 g/mol. The SMILES string of the molecule is O=C(NCCC(=O)N(Cc1ccco1)c1ccc(F)cc1F)Nc1ccc(Br)cc1. The van der Waals surface area contributed by atoms with Crippen LogP contribution in [0, 0.1) is 11.6 Å². The molecule has 30 heavy (non-hydrogen) atoms. The summed E-state index contributed by atoms with van der Waals surface area (Å²) >= 11 is 3.31. The molecule has 6 nitrogen and oxygen atoms in total. The lowest BCUT2D eigenvalue weighted by atomic mass is 10.2. The summed E-state index contributed by atoms with van der Waals surface area (Å²) in [6.07, 6.45) is 1.35. The molecular formula is C21H18BrF2N3O3. The number of carbonyl (C=O) groups is 2. The molecule has 0 bridgehead atoms. The Morgan fingerprint density at radius 2 is 1.83 bits per heavy atom. The van der Waals surface area contributed by atoms with Gasteiger partial charge in [0.15, 0.2) is 0 Å². The van der Waals surface area contributed by atoms with Crippen LogP contribution in [0.4, 0.5) is 25.0 Å². The zero-order chi connectivity index (χ0) is 21.5. The molecule has 1 aromatic heterocycles. The van der Waals surface area contributed by atoms with Gasteiger partial charge in [0.25, 0.3) is 0 Å². The normalized spacial score (nSPS) is 10.5. The molecule has 3 amide bonds. The second-order valence-corrected chi connectivity index (χ2v) is 7.21. The standard InChI is InChI=1S/C21H18BrF2N3O3/c22-14-3-6-16(7-4-14)26-21(29)25-10-9-20(28)27(13-17-2-1-11-30-17)19-8-5-15(23)12-18(19)24/h1-8,11-12H,9-10,13H2,(H2,25,26,29). The highest BCUT2D eigenvalue weighted by molar-refractivity contribution is 9.10. The smallest absolute Gasteiger partial charge is 0.319 e. The molecule has 156 valence electrons. The quantitative estimate of drug-likeness (QED) is 0.499. The topological polar surface area (TPSA) is 74.6 Å². The fourth-order valence-electron chi connectivity index (χ4n) is 2.69. The van der Waals surface area contributed by atoms with Crippen molar-refractivity contribution in [1.29, 1.82) is 0 Å². The second kappa shape index (κ2) is 10.0. The van der Waals surface area contributed by atoms with Crippen LogP contribution >= 0.6 is 15.9 Å². The maximum absolute atomic E-state index is 14.3. The highest BCUT2D eigenvalue weighted by atomic mass is 79.9. The molecule has 0 unspecified atom stereocenters. The zero-order valence-corrected chi connectivity index (χ0v) is 17.3. The van der Waals surface area contributed by atoms with Crippen LogP contribution < -0.4 is 15.5 Å². The summed E-state index contributed by atoms with van der Waals surface area (Å²) in [5.41, 5.74) is 0.520. The van der Waals surface area contributed by atoms with Gasteiger partial charge in [-0.1, -0.05) is 15.9 Å². The number of carbonyl (C=O) groups excluding carboxylic acids is 2. The third kappa shape index (κ3) is 5.90. The van der Waals surface area contributed by atoms with E-state index in [1.807, 2.05) is 0 Å². The van der Waals surface area contributed by atoms with Gasteiger partial charge in [-0.15, -0.1) is 0 Å². The van der Waals surface area contributed by atoms with Gasteiger partial charge >= 0.3 is 6.03 Å². The molecule has 0 aliphatic carbocycles. The first kappa shape index (κ1) is 21.5. The largest absolute Gasteiger partial charge is 0.467 e. The number of nitrogens with one attached hydrogen (secondary N) is 2. The number of halogens is 3. The number of furan rings is 1. The van der Waals surface area contributed by atoms with E-state index in [0.717, 1.165) is 15.4 Å². The van der Waals surface area contributed by atoms with Crippen LogP contribution in [0.15, 0.2) is 69.8 Å². The first-order chi connectivity index (χ1) is 14.4. The summed E-state index contributed by atoms with van der Waals surface area (Å²) in [7, 11) is 0. The number of hydrogen-bond donors (Lipinski definition) is 2. The zero-order valence-electron chi connectivity index (χ0n) is 15.7. The van der Waals surface area contributed by atoms with Gasteiger partial charge in [0.05, 0.1) is 18.5 Å². The fourth-order valence-corrected chi connectivity index (χ4v) is 2.96. The van der Waals surface area contributed by atoms with Crippen LogP contribution in [0.1, 0.15) is 12.2 Å². The molecule has 0 spiro atoms. The van der Waals surface area contributed by atoms with Crippen LogP contribution in [0.25, 0.3) is 0 Å². The predicted octanol–water partition coefficient (Wildman–Crippen LogP) is 5.07. The third-order valence-corrected chi connectivity index (χ3v) is 4.65. The van der Waals surface area contributed by atoms with Crippen molar-refractivity contribution in [3.05, 3.63) is 82.7 Å². The van der Waals surface area contributed by atoms with Gasteiger partial charge in [-0.25, -0.2) is 13.6 Å². The lowest BCUT2D eigenvalue weighted by Crippen LogP contribution is -2.36. The number of rotatable bonds is 7. The second-order valence-electron chi connectivity index (χ2n) is 6.29. The van der Waals surface area contributed by atoms with Crippen LogP contribution in [-0.2, 0) is 11.3 Å². The highest BCUT2D eigenvalue weighted by Gasteiger charge is 2.21. The van der Waals surface area contributed by atoms with Crippen molar-refractivity contribution in [2.24, 2.45) is 0 Å². The van der Waals surface area contributed by atoms with E-state index in [-0.39, 0.29) is 25.2 Å².